The minimum atomic E-state index is -0.790. The monoisotopic (exact) mass is 224 g/mol. The van der Waals surface area contributed by atoms with Crippen molar-refractivity contribution in [3.8, 4) is 0 Å². The molecule has 0 aliphatic rings. The van der Waals surface area contributed by atoms with Crippen LogP contribution in [0, 0.1) is 12.7 Å². The summed E-state index contributed by atoms with van der Waals surface area (Å²) in [5, 5.41) is 10.6. The highest BCUT2D eigenvalue weighted by atomic mass is 19.1. The zero-order valence-electron chi connectivity index (χ0n) is 10.4. The lowest BCUT2D eigenvalue weighted by Gasteiger charge is -2.29. The maximum absolute atomic E-state index is 13.0. The Morgan fingerprint density at radius 3 is 2.19 bits per heavy atom. The smallest absolute Gasteiger partial charge is 0.123 e. The number of rotatable bonds is 5. The van der Waals surface area contributed by atoms with Gasteiger partial charge in [0.2, 0.25) is 0 Å². The maximum atomic E-state index is 13.0. The molecule has 0 bridgehead atoms. The fourth-order valence-corrected chi connectivity index (χ4v) is 2.37. The first-order chi connectivity index (χ1) is 7.53. The van der Waals surface area contributed by atoms with Crippen molar-refractivity contribution >= 4 is 0 Å². The Bertz CT molecular complexity index is 341. The molecule has 0 aliphatic heterocycles. The van der Waals surface area contributed by atoms with Crippen LogP contribution in [0.3, 0.4) is 0 Å². The van der Waals surface area contributed by atoms with Gasteiger partial charge in [0, 0.05) is 0 Å². The van der Waals surface area contributed by atoms with Crippen LogP contribution < -0.4 is 0 Å². The quantitative estimate of drug-likeness (QED) is 0.803. The van der Waals surface area contributed by atoms with Crippen LogP contribution in [-0.4, -0.2) is 5.11 Å². The normalized spacial score (nSPS) is 11.8. The molecule has 0 saturated heterocycles. The predicted molar refractivity (Wildman–Crippen MR) is 64.8 cm³/mol. The van der Waals surface area contributed by atoms with Crippen LogP contribution in [0.4, 0.5) is 4.39 Å². The standard InChI is InChI=1S/C14H21FO/c1-4-8-14(16,9-5-2)13-7-6-12(15)10-11(13)3/h6-7,10,16H,4-5,8-9H2,1-3H3. The van der Waals surface area contributed by atoms with E-state index in [2.05, 4.69) is 13.8 Å². The first-order valence-electron chi connectivity index (χ1n) is 6.02. The lowest BCUT2D eigenvalue weighted by atomic mass is 9.83. The molecule has 1 rings (SSSR count). The van der Waals surface area contributed by atoms with E-state index in [1.807, 2.05) is 6.92 Å². The van der Waals surface area contributed by atoms with Crippen molar-refractivity contribution in [3.05, 3.63) is 35.1 Å². The Morgan fingerprint density at radius 2 is 1.75 bits per heavy atom. The van der Waals surface area contributed by atoms with E-state index in [4.69, 9.17) is 0 Å². The van der Waals surface area contributed by atoms with Gasteiger partial charge < -0.3 is 5.11 Å². The summed E-state index contributed by atoms with van der Waals surface area (Å²) in [4.78, 5) is 0. The van der Waals surface area contributed by atoms with Crippen LogP contribution in [0.15, 0.2) is 18.2 Å². The zero-order chi connectivity index (χ0) is 12.2. The Hall–Kier alpha value is -0.890. The van der Waals surface area contributed by atoms with Gasteiger partial charge >= 0.3 is 0 Å². The molecular formula is C14H21FO. The second-order valence-electron chi connectivity index (χ2n) is 4.49. The first-order valence-corrected chi connectivity index (χ1v) is 6.02. The highest BCUT2D eigenvalue weighted by Gasteiger charge is 2.28. The zero-order valence-corrected chi connectivity index (χ0v) is 10.4. The molecule has 1 aromatic carbocycles. The molecule has 1 N–H and O–H groups in total. The van der Waals surface area contributed by atoms with Crippen LogP contribution in [-0.2, 0) is 5.60 Å². The summed E-state index contributed by atoms with van der Waals surface area (Å²) in [6, 6.07) is 4.64. The highest BCUT2D eigenvalue weighted by Crippen LogP contribution is 2.33. The van der Waals surface area contributed by atoms with E-state index in [0.717, 1.165) is 36.8 Å². The second-order valence-corrected chi connectivity index (χ2v) is 4.49. The number of aliphatic hydroxyl groups is 1. The van der Waals surface area contributed by atoms with Crippen molar-refractivity contribution in [2.24, 2.45) is 0 Å². The van der Waals surface area contributed by atoms with Crippen LogP contribution in [0.5, 0.6) is 0 Å². The Labute approximate surface area is 97.3 Å². The summed E-state index contributed by atoms with van der Waals surface area (Å²) < 4.78 is 13.0. The van der Waals surface area contributed by atoms with Gasteiger partial charge in [-0.3, -0.25) is 0 Å². The average molecular weight is 224 g/mol. The van der Waals surface area contributed by atoms with Gasteiger partial charge in [0.05, 0.1) is 5.60 Å². The number of benzene rings is 1. The Balaban J connectivity index is 3.10. The van der Waals surface area contributed by atoms with Gasteiger partial charge in [-0.05, 0) is 43.0 Å². The fourth-order valence-electron chi connectivity index (χ4n) is 2.37. The third kappa shape index (κ3) is 2.82. The van der Waals surface area contributed by atoms with Crippen LogP contribution in [0.25, 0.3) is 0 Å². The number of hydrogen-bond acceptors (Lipinski definition) is 1. The van der Waals surface area contributed by atoms with Crippen molar-refractivity contribution < 1.29 is 9.50 Å². The van der Waals surface area contributed by atoms with E-state index in [1.54, 1.807) is 6.07 Å². The van der Waals surface area contributed by atoms with Crippen LogP contribution in [0.2, 0.25) is 0 Å². The van der Waals surface area contributed by atoms with Gasteiger partial charge in [0.1, 0.15) is 5.82 Å². The van der Waals surface area contributed by atoms with Crippen molar-refractivity contribution in [2.45, 2.75) is 52.1 Å². The third-order valence-corrected chi connectivity index (χ3v) is 3.02. The average Bonchev–Trinajstić information content (AvgIpc) is 2.17. The lowest BCUT2D eigenvalue weighted by molar-refractivity contribution is 0.0163. The molecule has 0 radical (unpaired) electrons. The summed E-state index contributed by atoms with van der Waals surface area (Å²) in [6.07, 6.45) is 3.31. The van der Waals surface area contributed by atoms with Gasteiger partial charge in [-0.25, -0.2) is 4.39 Å². The van der Waals surface area contributed by atoms with Crippen molar-refractivity contribution in [2.75, 3.05) is 0 Å². The highest BCUT2D eigenvalue weighted by molar-refractivity contribution is 5.31. The van der Waals surface area contributed by atoms with Gasteiger partial charge in [-0.1, -0.05) is 32.8 Å². The van der Waals surface area contributed by atoms with Crippen molar-refractivity contribution in [1.82, 2.24) is 0 Å². The Morgan fingerprint density at radius 1 is 1.19 bits per heavy atom. The maximum Gasteiger partial charge on any atom is 0.123 e. The summed E-state index contributed by atoms with van der Waals surface area (Å²) >= 11 is 0. The van der Waals surface area contributed by atoms with Gasteiger partial charge in [-0.2, -0.15) is 0 Å². The molecule has 16 heavy (non-hydrogen) atoms. The van der Waals surface area contributed by atoms with Crippen LogP contribution in [0.1, 0.15) is 50.7 Å². The van der Waals surface area contributed by atoms with E-state index in [1.165, 1.54) is 12.1 Å². The van der Waals surface area contributed by atoms with Gasteiger partial charge in [-0.15, -0.1) is 0 Å². The van der Waals surface area contributed by atoms with E-state index in [-0.39, 0.29) is 5.82 Å². The second kappa shape index (κ2) is 5.44. The summed E-state index contributed by atoms with van der Waals surface area (Å²) in [7, 11) is 0. The van der Waals surface area contributed by atoms with Crippen LogP contribution >= 0.6 is 0 Å². The molecule has 0 atom stereocenters. The largest absolute Gasteiger partial charge is 0.385 e. The number of hydrogen-bond donors (Lipinski definition) is 1. The molecular weight excluding hydrogens is 203 g/mol. The summed E-state index contributed by atoms with van der Waals surface area (Å²) in [5.74, 6) is -0.239. The molecule has 0 spiro atoms. The molecule has 0 aromatic heterocycles. The molecule has 1 aromatic rings. The lowest BCUT2D eigenvalue weighted by Crippen LogP contribution is -2.26. The molecule has 2 heteroatoms. The van der Waals surface area contributed by atoms with E-state index in [9.17, 15) is 9.50 Å². The summed E-state index contributed by atoms with van der Waals surface area (Å²) in [5.41, 5.74) is 0.920. The predicted octanol–water partition coefficient (Wildman–Crippen LogP) is 3.92. The molecule has 0 heterocycles. The third-order valence-electron chi connectivity index (χ3n) is 3.02. The van der Waals surface area contributed by atoms with Gasteiger partial charge in [0.25, 0.3) is 0 Å². The van der Waals surface area contributed by atoms with E-state index < -0.39 is 5.60 Å². The molecule has 0 unspecified atom stereocenters. The SMILES string of the molecule is CCCC(O)(CCC)c1ccc(F)cc1C. The number of halogens is 1. The van der Waals surface area contributed by atoms with E-state index in [0.29, 0.717) is 0 Å². The number of aryl methyl sites for hydroxylation is 1. The van der Waals surface area contributed by atoms with Gasteiger partial charge in [0.15, 0.2) is 0 Å². The topological polar surface area (TPSA) is 20.2 Å². The molecule has 0 aliphatic carbocycles. The minimum Gasteiger partial charge on any atom is -0.385 e. The minimum absolute atomic E-state index is 0.239. The van der Waals surface area contributed by atoms with Crippen molar-refractivity contribution in [3.63, 3.8) is 0 Å². The molecule has 0 saturated carbocycles. The molecule has 90 valence electrons. The van der Waals surface area contributed by atoms with E-state index >= 15 is 0 Å². The summed E-state index contributed by atoms with van der Waals surface area (Å²) in [6.45, 7) is 5.97. The fraction of sp³-hybridized carbons (Fsp3) is 0.571. The molecule has 0 amide bonds. The Kier molecular flexibility index (Phi) is 4.48. The first kappa shape index (κ1) is 13.2. The molecule has 1 nitrogen and oxygen atoms in total. The van der Waals surface area contributed by atoms with Crippen molar-refractivity contribution in [1.29, 1.82) is 0 Å². The molecule has 0 fully saturated rings.